The first-order chi connectivity index (χ1) is 11.8. The number of hydrogen-bond acceptors (Lipinski definition) is 6. The highest BCUT2D eigenvalue weighted by atomic mass is 16.5. The van der Waals surface area contributed by atoms with Crippen LogP contribution in [0.1, 0.15) is 18.4 Å². The molecule has 0 saturated heterocycles. The van der Waals surface area contributed by atoms with E-state index in [1.807, 2.05) is 0 Å². The Bertz CT molecular complexity index is 608. The minimum atomic E-state index is -1.28. The predicted octanol–water partition coefficient (Wildman–Crippen LogP) is 0.229. The van der Waals surface area contributed by atoms with Crippen LogP contribution in [0, 0.1) is 0 Å². The number of methoxy groups -OCH3 is 1. The molecule has 1 rings (SSSR count). The van der Waals surface area contributed by atoms with Crippen LogP contribution in [0.4, 0.5) is 4.79 Å². The predicted molar refractivity (Wildman–Crippen MR) is 81.7 cm³/mol. The van der Waals surface area contributed by atoms with Crippen molar-refractivity contribution in [2.75, 3.05) is 7.11 Å². The Morgan fingerprint density at radius 1 is 1.16 bits per heavy atom. The Balaban J connectivity index is 0.00000178. The fourth-order valence-corrected chi connectivity index (χ4v) is 1.66. The monoisotopic (exact) mass is 354 g/mol. The summed E-state index contributed by atoms with van der Waals surface area (Å²) in [5.41, 5.74) is 0.813. The molecule has 0 aliphatic rings. The summed E-state index contributed by atoms with van der Waals surface area (Å²) < 4.78 is 5.01. The minimum absolute atomic E-state index is 0.180. The van der Waals surface area contributed by atoms with E-state index in [0.29, 0.717) is 5.75 Å². The molecule has 0 aromatic heterocycles. The maximum Gasteiger partial charge on any atom is 0.373 e. The van der Waals surface area contributed by atoms with Gasteiger partial charge in [0, 0.05) is 13.0 Å². The molecule has 0 unspecified atom stereocenters. The van der Waals surface area contributed by atoms with Crippen molar-refractivity contribution in [2.24, 2.45) is 0 Å². The van der Waals surface area contributed by atoms with Crippen molar-refractivity contribution in [2.45, 2.75) is 25.4 Å². The van der Waals surface area contributed by atoms with Crippen molar-refractivity contribution < 1.29 is 38.9 Å². The highest BCUT2D eigenvalue weighted by molar-refractivity contribution is 5.83. The van der Waals surface area contributed by atoms with Gasteiger partial charge in [0.15, 0.2) is 0 Å². The zero-order valence-electron chi connectivity index (χ0n) is 13.4. The number of urea groups is 1. The van der Waals surface area contributed by atoms with Gasteiger partial charge in [0.05, 0.1) is 7.11 Å². The van der Waals surface area contributed by atoms with E-state index in [-0.39, 0.29) is 25.5 Å². The van der Waals surface area contributed by atoms with E-state index in [2.05, 4.69) is 10.6 Å². The van der Waals surface area contributed by atoms with E-state index in [1.54, 1.807) is 31.4 Å². The van der Waals surface area contributed by atoms with Gasteiger partial charge >= 0.3 is 24.1 Å². The van der Waals surface area contributed by atoms with Gasteiger partial charge in [-0.05, 0) is 24.1 Å². The second kappa shape index (κ2) is 12.1. The first kappa shape index (κ1) is 21.6. The molecule has 0 aliphatic carbocycles. The normalized spacial score (nSPS) is 10.3. The number of benzene rings is 1. The highest BCUT2D eigenvalue weighted by Crippen LogP contribution is 2.10. The fraction of sp³-hybridized carbons (Fsp3) is 0.333. The van der Waals surface area contributed by atoms with Gasteiger partial charge in [-0.3, -0.25) is 4.79 Å². The van der Waals surface area contributed by atoms with Crippen molar-refractivity contribution in [3.05, 3.63) is 29.8 Å². The number of carboxylic acid groups (broad SMARTS) is 2. The maximum absolute atomic E-state index is 11.6. The molecule has 1 atom stereocenters. The lowest BCUT2D eigenvalue weighted by Crippen LogP contribution is -2.45. The summed E-state index contributed by atoms with van der Waals surface area (Å²) in [5.74, 6) is -1.71. The Hall–Kier alpha value is -3.39. The summed E-state index contributed by atoms with van der Waals surface area (Å²) in [4.78, 5) is 49.3. The number of ether oxygens (including phenoxy) is 1. The van der Waals surface area contributed by atoms with Gasteiger partial charge in [-0.15, -0.1) is 0 Å². The van der Waals surface area contributed by atoms with Crippen LogP contribution < -0.4 is 15.4 Å². The Morgan fingerprint density at radius 3 is 2.16 bits per heavy atom. The van der Waals surface area contributed by atoms with Crippen molar-refractivity contribution in [3.8, 4) is 5.75 Å². The molecule has 136 valence electrons. The molecule has 0 heterocycles. The van der Waals surface area contributed by atoms with Gasteiger partial charge in [0.1, 0.15) is 11.8 Å². The smallest absolute Gasteiger partial charge is 0.373 e. The maximum atomic E-state index is 11.6. The molecular formula is C15H18N2O8. The molecule has 10 nitrogen and oxygen atoms in total. The molecule has 0 aliphatic heterocycles. The SMILES string of the molecule is COc1ccc(CNC(=O)N[C@@H](CCC(=O)O)C(=O)O)cc1.O=C=O. The first-order valence-electron chi connectivity index (χ1n) is 6.95. The number of carbonyl (C=O) groups is 3. The summed E-state index contributed by atoms with van der Waals surface area (Å²) in [6, 6.07) is 5.08. The van der Waals surface area contributed by atoms with Crippen molar-refractivity contribution >= 4 is 24.1 Å². The van der Waals surface area contributed by atoms with Crippen molar-refractivity contribution in [1.29, 1.82) is 0 Å². The minimum Gasteiger partial charge on any atom is -0.497 e. The Labute approximate surface area is 142 Å². The number of hydrogen-bond donors (Lipinski definition) is 4. The number of aliphatic carboxylic acids is 2. The van der Waals surface area contributed by atoms with Gasteiger partial charge in [0.2, 0.25) is 0 Å². The quantitative estimate of drug-likeness (QED) is 0.516. The van der Waals surface area contributed by atoms with E-state index in [0.717, 1.165) is 5.56 Å². The summed E-state index contributed by atoms with van der Waals surface area (Å²) in [6.07, 6.45) is -0.268. The average Bonchev–Trinajstić information content (AvgIpc) is 2.57. The number of carbonyl (C=O) groups excluding carboxylic acids is 3. The standard InChI is InChI=1S/C14H18N2O6.CO2/c1-22-10-4-2-9(3-5-10)8-15-14(21)16-11(13(19)20)6-7-12(17)18;2-1-3/h2-5,11H,6-8H2,1H3,(H,17,18)(H,19,20)(H2,15,16,21);/t11-;/m0./s1. The van der Waals surface area contributed by atoms with Crippen molar-refractivity contribution in [3.63, 3.8) is 0 Å². The average molecular weight is 354 g/mol. The second-order valence-corrected chi connectivity index (χ2v) is 4.58. The van der Waals surface area contributed by atoms with E-state index >= 15 is 0 Å². The van der Waals surface area contributed by atoms with E-state index in [9.17, 15) is 14.4 Å². The summed E-state index contributed by atoms with van der Waals surface area (Å²) >= 11 is 0. The topological polar surface area (TPSA) is 159 Å². The lowest BCUT2D eigenvalue weighted by atomic mass is 10.1. The van der Waals surface area contributed by atoms with Gasteiger partial charge in [-0.2, -0.15) is 9.59 Å². The molecule has 25 heavy (non-hydrogen) atoms. The highest BCUT2D eigenvalue weighted by Gasteiger charge is 2.20. The number of amides is 2. The van der Waals surface area contributed by atoms with E-state index < -0.39 is 24.0 Å². The largest absolute Gasteiger partial charge is 0.497 e. The third kappa shape index (κ3) is 10.1. The van der Waals surface area contributed by atoms with Crippen LogP contribution in [0.15, 0.2) is 24.3 Å². The number of nitrogens with one attached hydrogen (secondary N) is 2. The Kier molecular flexibility index (Phi) is 10.4. The van der Waals surface area contributed by atoms with E-state index in [1.165, 1.54) is 0 Å². The fourth-order valence-electron chi connectivity index (χ4n) is 1.66. The third-order valence-electron chi connectivity index (χ3n) is 2.86. The zero-order valence-corrected chi connectivity index (χ0v) is 13.4. The first-order valence-corrected chi connectivity index (χ1v) is 6.95. The van der Waals surface area contributed by atoms with Crippen LogP contribution in [0.2, 0.25) is 0 Å². The summed E-state index contributed by atoms with van der Waals surface area (Å²) in [6.45, 7) is 0.209. The molecule has 4 N–H and O–H groups in total. The summed E-state index contributed by atoms with van der Waals surface area (Å²) in [7, 11) is 1.55. The molecule has 10 heteroatoms. The molecule has 1 aromatic carbocycles. The van der Waals surface area contributed by atoms with Crippen LogP contribution in [-0.4, -0.2) is 47.5 Å². The molecular weight excluding hydrogens is 336 g/mol. The molecule has 0 bridgehead atoms. The molecule has 0 spiro atoms. The molecule has 2 amide bonds. The molecule has 0 fully saturated rings. The lowest BCUT2D eigenvalue weighted by Gasteiger charge is -2.14. The summed E-state index contributed by atoms with van der Waals surface area (Å²) in [5, 5.41) is 22.2. The number of rotatable bonds is 8. The second-order valence-electron chi connectivity index (χ2n) is 4.58. The van der Waals surface area contributed by atoms with E-state index in [4.69, 9.17) is 24.5 Å². The van der Waals surface area contributed by atoms with Gasteiger partial charge in [-0.25, -0.2) is 9.59 Å². The van der Waals surface area contributed by atoms with Gasteiger partial charge in [0.25, 0.3) is 0 Å². The van der Waals surface area contributed by atoms with Crippen LogP contribution in [0.3, 0.4) is 0 Å². The van der Waals surface area contributed by atoms with Crippen LogP contribution >= 0.6 is 0 Å². The van der Waals surface area contributed by atoms with Gasteiger partial charge < -0.3 is 25.6 Å². The molecule has 0 saturated carbocycles. The zero-order chi connectivity index (χ0) is 19.2. The third-order valence-corrected chi connectivity index (χ3v) is 2.86. The van der Waals surface area contributed by atoms with Crippen LogP contribution in [-0.2, 0) is 25.7 Å². The van der Waals surface area contributed by atoms with Gasteiger partial charge in [-0.1, -0.05) is 12.1 Å². The number of carboxylic acids is 2. The van der Waals surface area contributed by atoms with Crippen LogP contribution in [0.5, 0.6) is 5.75 Å². The van der Waals surface area contributed by atoms with Crippen molar-refractivity contribution in [1.82, 2.24) is 10.6 Å². The lowest BCUT2D eigenvalue weighted by molar-refractivity contribution is -0.191. The molecule has 1 aromatic rings. The Morgan fingerprint density at radius 2 is 1.72 bits per heavy atom. The van der Waals surface area contributed by atoms with Crippen LogP contribution in [0.25, 0.3) is 0 Å². The molecule has 0 radical (unpaired) electrons.